The van der Waals surface area contributed by atoms with Crippen molar-refractivity contribution in [1.29, 1.82) is 0 Å². The fourth-order valence-corrected chi connectivity index (χ4v) is 8.68. The van der Waals surface area contributed by atoms with Gasteiger partial charge in [-0.15, -0.1) is 0 Å². The molecule has 0 amide bonds. The Bertz CT molecular complexity index is 3250. The summed E-state index contributed by atoms with van der Waals surface area (Å²) in [6.07, 6.45) is 0. The van der Waals surface area contributed by atoms with E-state index in [1.54, 1.807) is 0 Å². The molecular formula is C56H37NO. The summed E-state index contributed by atoms with van der Waals surface area (Å²) < 4.78 is 6.61. The Morgan fingerprint density at radius 2 is 0.759 bits per heavy atom. The molecular weight excluding hydrogens is 703 g/mol. The third-order valence-electron chi connectivity index (χ3n) is 11.5. The van der Waals surface area contributed by atoms with Crippen molar-refractivity contribution in [3.8, 4) is 44.5 Å². The summed E-state index contributed by atoms with van der Waals surface area (Å²) in [5.74, 6) is 0. The third-order valence-corrected chi connectivity index (χ3v) is 11.5. The van der Waals surface area contributed by atoms with Crippen LogP contribution >= 0.6 is 0 Å². The van der Waals surface area contributed by atoms with Gasteiger partial charge >= 0.3 is 0 Å². The largest absolute Gasteiger partial charge is 0.455 e. The summed E-state index contributed by atoms with van der Waals surface area (Å²) in [7, 11) is 0. The Morgan fingerprint density at radius 3 is 1.47 bits per heavy atom. The molecule has 11 rings (SSSR count). The first-order valence-electron chi connectivity index (χ1n) is 19.8. The van der Waals surface area contributed by atoms with Crippen molar-refractivity contribution in [2.45, 2.75) is 0 Å². The maximum atomic E-state index is 6.61. The van der Waals surface area contributed by atoms with Crippen LogP contribution in [0.5, 0.6) is 0 Å². The van der Waals surface area contributed by atoms with E-state index in [-0.39, 0.29) is 0 Å². The Morgan fingerprint density at radius 1 is 0.276 bits per heavy atom. The van der Waals surface area contributed by atoms with E-state index in [1.165, 1.54) is 49.4 Å². The predicted octanol–water partition coefficient (Wildman–Crippen LogP) is 16.0. The van der Waals surface area contributed by atoms with E-state index in [0.717, 1.165) is 55.7 Å². The molecule has 0 N–H and O–H groups in total. The fraction of sp³-hybridized carbons (Fsp3) is 0. The lowest BCUT2D eigenvalue weighted by molar-refractivity contribution is 0.670. The van der Waals surface area contributed by atoms with Crippen LogP contribution in [0.1, 0.15) is 0 Å². The number of fused-ring (bicyclic) bond motifs is 5. The molecule has 0 saturated carbocycles. The number of hydrogen-bond donors (Lipinski definition) is 0. The van der Waals surface area contributed by atoms with Crippen LogP contribution < -0.4 is 4.90 Å². The van der Waals surface area contributed by atoms with E-state index in [9.17, 15) is 0 Å². The van der Waals surface area contributed by atoms with Crippen molar-refractivity contribution in [3.05, 3.63) is 224 Å². The average Bonchev–Trinajstić information content (AvgIpc) is 3.69. The number of benzene rings is 10. The SMILES string of the molecule is c1ccc(-c2ccc(N(c3ccc(-c4ccc5ccccc5c4-c4cccc5c4oc4ccccc45)cc3)c3ccc(-c4cccc5ccccc45)cc3)cc2)cc1. The molecule has 1 heterocycles. The molecule has 1 aromatic heterocycles. The molecule has 0 atom stereocenters. The zero-order valence-corrected chi connectivity index (χ0v) is 31.7. The van der Waals surface area contributed by atoms with Crippen molar-refractivity contribution in [3.63, 3.8) is 0 Å². The van der Waals surface area contributed by atoms with Crippen LogP contribution in [0, 0.1) is 0 Å². The van der Waals surface area contributed by atoms with Gasteiger partial charge < -0.3 is 9.32 Å². The maximum absolute atomic E-state index is 6.61. The first kappa shape index (κ1) is 33.6. The lowest BCUT2D eigenvalue weighted by Crippen LogP contribution is -2.09. The van der Waals surface area contributed by atoms with E-state index in [2.05, 4.69) is 223 Å². The van der Waals surface area contributed by atoms with E-state index < -0.39 is 0 Å². The number of nitrogens with zero attached hydrogens (tertiary/aromatic N) is 1. The van der Waals surface area contributed by atoms with E-state index >= 15 is 0 Å². The standard InChI is InChI=1S/C56H37NO/c1-2-12-38(13-3-1)39-24-31-44(32-25-39)57(45-33-26-42(27-34-45)48-20-10-16-40-14-4-6-17-47(40)48)46-35-28-43(29-36-46)50-37-30-41-15-5-7-18-49(41)55(50)53-22-11-21-52-51-19-8-9-23-54(51)58-56(52)53/h1-37H. The second-order valence-corrected chi connectivity index (χ2v) is 14.9. The second-order valence-electron chi connectivity index (χ2n) is 14.9. The normalized spacial score (nSPS) is 11.4. The van der Waals surface area contributed by atoms with Gasteiger partial charge in [-0.2, -0.15) is 0 Å². The lowest BCUT2D eigenvalue weighted by Gasteiger charge is -2.26. The van der Waals surface area contributed by atoms with Crippen molar-refractivity contribution in [1.82, 2.24) is 0 Å². The summed E-state index contributed by atoms with van der Waals surface area (Å²) in [5, 5.41) is 7.15. The third kappa shape index (κ3) is 5.82. The van der Waals surface area contributed by atoms with Gasteiger partial charge in [-0.3, -0.25) is 0 Å². The van der Waals surface area contributed by atoms with Gasteiger partial charge in [0.05, 0.1) is 0 Å². The van der Waals surface area contributed by atoms with Gasteiger partial charge in [0.15, 0.2) is 0 Å². The van der Waals surface area contributed by atoms with Crippen LogP contribution in [0.25, 0.3) is 88.0 Å². The van der Waals surface area contributed by atoms with Gasteiger partial charge in [0.25, 0.3) is 0 Å². The number of rotatable bonds is 7. The predicted molar refractivity (Wildman–Crippen MR) is 245 cm³/mol. The summed E-state index contributed by atoms with van der Waals surface area (Å²) in [6.45, 7) is 0. The van der Waals surface area contributed by atoms with Crippen molar-refractivity contribution < 1.29 is 4.42 Å². The van der Waals surface area contributed by atoms with Crippen LogP contribution in [0.3, 0.4) is 0 Å². The molecule has 0 radical (unpaired) electrons. The quantitative estimate of drug-likeness (QED) is 0.162. The zero-order chi connectivity index (χ0) is 38.4. The average molecular weight is 740 g/mol. The van der Waals surface area contributed by atoms with Crippen LogP contribution in [-0.4, -0.2) is 0 Å². The number of para-hydroxylation sites is 2. The molecule has 272 valence electrons. The highest BCUT2D eigenvalue weighted by molar-refractivity contribution is 6.14. The molecule has 0 bridgehead atoms. The Balaban J connectivity index is 1.03. The minimum Gasteiger partial charge on any atom is -0.455 e. The molecule has 11 aromatic rings. The highest BCUT2D eigenvalue weighted by atomic mass is 16.3. The van der Waals surface area contributed by atoms with Crippen LogP contribution in [0.4, 0.5) is 17.1 Å². The fourth-order valence-electron chi connectivity index (χ4n) is 8.68. The molecule has 0 saturated heterocycles. The molecule has 58 heavy (non-hydrogen) atoms. The Hall–Kier alpha value is -7.68. The molecule has 2 nitrogen and oxygen atoms in total. The Kier molecular flexibility index (Phi) is 8.19. The molecule has 0 aliphatic carbocycles. The topological polar surface area (TPSA) is 16.4 Å². The van der Waals surface area contributed by atoms with Gasteiger partial charge in [-0.1, -0.05) is 182 Å². The molecule has 0 fully saturated rings. The minimum absolute atomic E-state index is 0.901. The molecule has 0 aliphatic heterocycles. The summed E-state index contributed by atoms with van der Waals surface area (Å²) in [6, 6.07) is 80.6. The number of hydrogen-bond acceptors (Lipinski definition) is 2. The first-order chi connectivity index (χ1) is 28.8. The van der Waals surface area contributed by atoms with Gasteiger partial charge in [-0.05, 0) is 97.4 Å². The summed E-state index contributed by atoms with van der Waals surface area (Å²) in [4.78, 5) is 2.35. The summed E-state index contributed by atoms with van der Waals surface area (Å²) in [5.41, 5.74) is 14.5. The molecule has 10 aromatic carbocycles. The number of anilines is 3. The van der Waals surface area contributed by atoms with E-state index in [4.69, 9.17) is 4.42 Å². The van der Waals surface area contributed by atoms with Crippen LogP contribution in [0.2, 0.25) is 0 Å². The van der Waals surface area contributed by atoms with E-state index in [0.29, 0.717) is 0 Å². The number of furan rings is 1. The van der Waals surface area contributed by atoms with Gasteiger partial charge in [0.1, 0.15) is 11.2 Å². The van der Waals surface area contributed by atoms with Crippen molar-refractivity contribution in [2.75, 3.05) is 4.90 Å². The van der Waals surface area contributed by atoms with Gasteiger partial charge in [-0.25, -0.2) is 0 Å². The molecule has 0 aliphatic rings. The Labute approximate surface area is 337 Å². The monoisotopic (exact) mass is 739 g/mol. The second kappa shape index (κ2) is 14.1. The maximum Gasteiger partial charge on any atom is 0.143 e. The van der Waals surface area contributed by atoms with Crippen LogP contribution in [-0.2, 0) is 0 Å². The molecule has 0 spiro atoms. The first-order valence-corrected chi connectivity index (χ1v) is 19.8. The van der Waals surface area contributed by atoms with Crippen molar-refractivity contribution >= 4 is 60.5 Å². The molecule has 0 unspecified atom stereocenters. The smallest absolute Gasteiger partial charge is 0.143 e. The van der Waals surface area contributed by atoms with Crippen LogP contribution in [0.15, 0.2) is 229 Å². The minimum atomic E-state index is 0.901. The highest BCUT2D eigenvalue weighted by Gasteiger charge is 2.19. The zero-order valence-electron chi connectivity index (χ0n) is 31.7. The highest BCUT2D eigenvalue weighted by Crippen LogP contribution is 2.45. The summed E-state index contributed by atoms with van der Waals surface area (Å²) >= 11 is 0. The van der Waals surface area contributed by atoms with Crippen molar-refractivity contribution in [2.24, 2.45) is 0 Å². The van der Waals surface area contributed by atoms with Gasteiger partial charge in [0.2, 0.25) is 0 Å². The molecule has 2 heteroatoms. The van der Waals surface area contributed by atoms with E-state index in [1.807, 2.05) is 6.07 Å². The van der Waals surface area contributed by atoms with Gasteiger partial charge in [0, 0.05) is 39.0 Å². The lowest BCUT2D eigenvalue weighted by atomic mass is 9.89.